The summed E-state index contributed by atoms with van der Waals surface area (Å²) in [7, 11) is 0. The predicted octanol–water partition coefficient (Wildman–Crippen LogP) is 3.68. The maximum Gasteiger partial charge on any atom is 0.417 e. The van der Waals surface area contributed by atoms with Gasteiger partial charge in [-0.3, -0.25) is 0 Å². The van der Waals surface area contributed by atoms with Crippen molar-refractivity contribution in [2.75, 3.05) is 5.88 Å². The topological polar surface area (TPSA) is 38.4 Å². The molecule has 0 bridgehead atoms. The van der Waals surface area contributed by atoms with Crippen LogP contribution in [0.2, 0.25) is 0 Å². The lowest BCUT2D eigenvalue weighted by molar-refractivity contribution is -0.138. The van der Waals surface area contributed by atoms with Crippen LogP contribution in [0.1, 0.15) is 5.56 Å². The minimum Gasteiger partial charge on any atom is -0.386 e. The summed E-state index contributed by atoms with van der Waals surface area (Å²) in [4.78, 5) is 3.63. The van der Waals surface area contributed by atoms with Gasteiger partial charge in [0.05, 0.1) is 20.7 Å². The molecule has 0 atom stereocenters. The Balaban J connectivity index is 3.39. The van der Waals surface area contributed by atoms with E-state index in [0.29, 0.717) is 6.07 Å². The highest BCUT2D eigenvalue weighted by atomic mass is 127. The van der Waals surface area contributed by atoms with Crippen molar-refractivity contribution in [3.63, 3.8) is 0 Å². The van der Waals surface area contributed by atoms with Crippen LogP contribution in [0, 0.1) is 9.39 Å². The van der Waals surface area contributed by atoms with E-state index in [1.807, 2.05) is 0 Å². The van der Waals surface area contributed by atoms with Crippen molar-refractivity contribution in [2.45, 2.75) is 6.18 Å². The molecule has 2 nitrogen and oxygen atoms in total. The van der Waals surface area contributed by atoms with Crippen LogP contribution in [0.3, 0.4) is 0 Å². The van der Waals surface area contributed by atoms with E-state index in [2.05, 4.69) is 4.99 Å². The highest BCUT2D eigenvalue weighted by Gasteiger charge is 2.34. The fourth-order valence-corrected chi connectivity index (χ4v) is 1.84. The molecule has 0 unspecified atom stereocenters. The quantitative estimate of drug-likeness (QED) is 0.275. The summed E-state index contributed by atoms with van der Waals surface area (Å²) in [5, 5.41) is 0. The number of amidine groups is 1. The highest BCUT2D eigenvalue weighted by Crippen LogP contribution is 2.37. The number of hydrogen-bond donors (Lipinski definition) is 1. The summed E-state index contributed by atoms with van der Waals surface area (Å²) in [6.07, 6.45) is -4.64. The average Bonchev–Trinajstić information content (AvgIpc) is 2.21. The number of nitrogens with zero attached hydrogens (tertiary/aromatic N) is 1. The molecule has 0 saturated carbocycles. The minimum atomic E-state index is -4.64. The maximum absolute atomic E-state index is 13.0. The Labute approximate surface area is 113 Å². The summed E-state index contributed by atoms with van der Waals surface area (Å²) in [5.41, 5.74) is 4.03. The molecule has 0 fully saturated rings. The molecule has 94 valence electrons. The van der Waals surface area contributed by atoms with E-state index in [9.17, 15) is 17.6 Å². The van der Waals surface area contributed by atoms with Crippen molar-refractivity contribution in [2.24, 2.45) is 10.7 Å². The molecule has 1 aromatic rings. The Morgan fingerprint density at radius 1 is 1.41 bits per heavy atom. The molecule has 8 heteroatoms. The lowest BCUT2D eigenvalue weighted by Crippen LogP contribution is -2.13. The molecule has 0 aliphatic carbocycles. The van der Waals surface area contributed by atoms with E-state index in [4.69, 9.17) is 17.3 Å². The summed E-state index contributed by atoms with van der Waals surface area (Å²) in [6, 6.07) is 1.29. The van der Waals surface area contributed by atoms with Gasteiger partial charge in [0, 0.05) is 6.07 Å². The van der Waals surface area contributed by atoms with Gasteiger partial charge in [-0.2, -0.15) is 13.2 Å². The molecular weight excluding hydrogens is 374 g/mol. The van der Waals surface area contributed by atoms with Crippen LogP contribution in [0.4, 0.5) is 23.2 Å². The zero-order valence-corrected chi connectivity index (χ0v) is 11.1. The molecule has 0 amide bonds. The number of nitrogens with two attached hydrogens (primary N) is 1. The molecule has 0 aromatic heterocycles. The first-order chi connectivity index (χ1) is 7.75. The number of rotatable bonds is 2. The first-order valence-corrected chi connectivity index (χ1v) is 5.82. The Hall–Kier alpha value is -0.570. The molecule has 1 aromatic carbocycles. The van der Waals surface area contributed by atoms with Gasteiger partial charge in [0.15, 0.2) is 0 Å². The van der Waals surface area contributed by atoms with Crippen LogP contribution in [-0.2, 0) is 6.18 Å². The molecule has 0 saturated heterocycles. The number of hydrogen-bond acceptors (Lipinski definition) is 1. The van der Waals surface area contributed by atoms with Gasteiger partial charge < -0.3 is 5.73 Å². The van der Waals surface area contributed by atoms with Crippen LogP contribution in [0.15, 0.2) is 17.1 Å². The highest BCUT2D eigenvalue weighted by molar-refractivity contribution is 14.1. The monoisotopic (exact) mass is 380 g/mol. The van der Waals surface area contributed by atoms with Gasteiger partial charge in [-0.15, -0.1) is 11.6 Å². The summed E-state index contributed by atoms with van der Waals surface area (Å²) < 4.78 is 50.5. The molecule has 0 aliphatic rings. The zero-order valence-electron chi connectivity index (χ0n) is 8.15. The number of benzene rings is 1. The third kappa shape index (κ3) is 3.70. The fraction of sp³-hybridized carbons (Fsp3) is 0.222. The van der Waals surface area contributed by atoms with Gasteiger partial charge in [-0.25, -0.2) is 9.38 Å². The predicted molar refractivity (Wildman–Crippen MR) is 66.1 cm³/mol. The van der Waals surface area contributed by atoms with Crippen molar-refractivity contribution in [1.82, 2.24) is 0 Å². The van der Waals surface area contributed by atoms with Crippen molar-refractivity contribution >= 4 is 45.7 Å². The molecule has 0 spiro atoms. The lowest BCUT2D eigenvalue weighted by Gasteiger charge is -2.11. The molecule has 17 heavy (non-hydrogen) atoms. The molecule has 0 radical (unpaired) electrons. The van der Waals surface area contributed by atoms with E-state index in [0.717, 1.165) is 6.07 Å². The molecule has 0 heterocycles. The normalized spacial score (nSPS) is 12.9. The van der Waals surface area contributed by atoms with E-state index in [-0.39, 0.29) is 21.0 Å². The van der Waals surface area contributed by atoms with E-state index >= 15 is 0 Å². The van der Waals surface area contributed by atoms with Gasteiger partial charge in [0.1, 0.15) is 11.7 Å². The largest absolute Gasteiger partial charge is 0.417 e. The first kappa shape index (κ1) is 14.5. The van der Waals surface area contributed by atoms with Crippen LogP contribution >= 0.6 is 34.2 Å². The smallest absolute Gasteiger partial charge is 0.386 e. The second-order valence-electron chi connectivity index (χ2n) is 3.02. The Morgan fingerprint density at radius 2 is 2.00 bits per heavy atom. The second-order valence-corrected chi connectivity index (χ2v) is 4.37. The Kier molecular flexibility index (Phi) is 4.59. The lowest BCUT2D eigenvalue weighted by atomic mass is 10.2. The third-order valence-electron chi connectivity index (χ3n) is 1.72. The van der Waals surface area contributed by atoms with Gasteiger partial charge >= 0.3 is 6.18 Å². The summed E-state index contributed by atoms with van der Waals surface area (Å²) in [6.45, 7) is 0. The average molecular weight is 381 g/mol. The second kappa shape index (κ2) is 5.38. The molecule has 0 aliphatic heterocycles. The Morgan fingerprint density at radius 3 is 2.47 bits per heavy atom. The molecule has 1 rings (SSSR count). The van der Waals surface area contributed by atoms with Crippen molar-refractivity contribution < 1.29 is 17.6 Å². The molecular formula is C9H6ClF4IN2. The number of alkyl halides is 4. The zero-order chi connectivity index (χ0) is 13.2. The van der Waals surface area contributed by atoms with Crippen LogP contribution in [0.5, 0.6) is 0 Å². The van der Waals surface area contributed by atoms with Crippen molar-refractivity contribution in [3.8, 4) is 0 Å². The van der Waals surface area contributed by atoms with Crippen molar-refractivity contribution in [3.05, 3.63) is 27.1 Å². The van der Waals surface area contributed by atoms with Crippen LogP contribution in [-0.4, -0.2) is 11.7 Å². The Bertz CT molecular complexity index is 459. The summed E-state index contributed by atoms with van der Waals surface area (Å²) in [5.74, 6) is -1.25. The van der Waals surface area contributed by atoms with Gasteiger partial charge in [0.25, 0.3) is 0 Å². The number of aliphatic imine (C=N–C) groups is 1. The van der Waals surface area contributed by atoms with E-state index in [1.54, 1.807) is 0 Å². The van der Waals surface area contributed by atoms with Crippen LogP contribution < -0.4 is 5.73 Å². The first-order valence-electron chi connectivity index (χ1n) is 4.21. The standard InChI is InChI=1S/C9H6ClF4IN2/c10-3-7(16)17-6-2-4(11)1-5(8(6)15)9(12,13)14/h1-2H,3H2,(H2,16,17). The summed E-state index contributed by atoms with van der Waals surface area (Å²) >= 11 is 6.79. The van der Waals surface area contributed by atoms with Gasteiger partial charge in [-0.05, 0) is 28.7 Å². The SMILES string of the molecule is NC(CCl)=Nc1cc(F)cc(C(F)(F)F)c1I. The van der Waals surface area contributed by atoms with E-state index < -0.39 is 17.6 Å². The number of halogens is 6. The third-order valence-corrected chi connectivity index (χ3v) is 3.13. The maximum atomic E-state index is 13.0. The minimum absolute atomic E-state index is 0.0803. The fourth-order valence-electron chi connectivity index (χ4n) is 1.05. The van der Waals surface area contributed by atoms with Gasteiger partial charge in [-0.1, -0.05) is 0 Å². The van der Waals surface area contributed by atoms with Gasteiger partial charge in [0.2, 0.25) is 0 Å². The van der Waals surface area contributed by atoms with E-state index in [1.165, 1.54) is 22.6 Å². The van der Waals surface area contributed by atoms with Crippen molar-refractivity contribution in [1.29, 1.82) is 0 Å². The van der Waals surface area contributed by atoms with Crippen LogP contribution in [0.25, 0.3) is 0 Å². The molecule has 2 N–H and O–H groups in total.